The van der Waals surface area contributed by atoms with E-state index >= 15 is 0 Å². The van der Waals surface area contributed by atoms with Crippen LogP contribution in [-0.4, -0.2) is 50.1 Å². The van der Waals surface area contributed by atoms with Crippen molar-refractivity contribution in [2.24, 2.45) is 11.8 Å². The maximum atomic E-state index is 12.7. The van der Waals surface area contributed by atoms with E-state index in [4.69, 9.17) is 0 Å². The van der Waals surface area contributed by atoms with Crippen LogP contribution in [0.4, 0.5) is 0 Å². The van der Waals surface area contributed by atoms with E-state index in [9.17, 15) is 4.79 Å². The highest BCUT2D eigenvalue weighted by molar-refractivity contribution is 5.96. The zero-order valence-corrected chi connectivity index (χ0v) is 22.0. The Kier molecular flexibility index (Phi) is 12.1. The molecule has 1 aliphatic heterocycles. The predicted octanol–water partition coefficient (Wildman–Crippen LogP) is 6.05. The van der Waals surface area contributed by atoms with Crippen LogP contribution in [-0.2, 0) is 4.79 Å². The molecule has 2 fully saturated rings. The van der Waals surface area contributed by atoms with Gasteiger partial charge in [0, 0.05) is 19.2 Å². The number of carbonyl (C=O) groups excluding carboxylic acids is 1. The maximum Gasteiger partial charge on any atom is 0.246 e. The van der Waals surface area contributed by atoms with E-state index in [1.165, 1.54) is 62.3 Å². The normalized spacial score (nSPS) is 17.7. The Morgan fingerprint density at radius 1 is 0.829 bits per heavy atom. The van der Waals surface area contributed by atoms with E-state index in [0.717, 1.165) is 57.0 Å². The smallest absolute Gasteiger partial charge is 0.246 e. The number of piperidine rings is 1. The zero-order valence-electron chi connectivity index (χ0n) is 21.2. The number of unbranched alkanes of at least 4 members (excludes halogenated alkanes) is 1. The number of nitrogens with zero attached hydrogens (tertiary/aromatic N) is 1. The van der Waals surface area contributed by atoms with Crippen LogP contribution in [0, 0.1) is 11.8 Å². The van der Waals surface area contributed by atoms with Gasteiger partial charge in [-0.3, -0.25) is 4.79 Å². The first-order chi connectivity index (χ1) is 16.8. The average molecular weight is 498 g/mol. The highest BCUT2D eigenvalue weighted by atomic mass is 35.5. The molecule has 2 N–H and O–H groups in total. The molecule has 1 saturated carbocycles. The molecular weight excluding hydrogens is 454 g/mol. The number of carbonyl (C=O) groups is 1. The fourth-order valence-corrected chi connectivity index (χ4v) is 5.52. The van der Waals surface area contributed by atoms with Crippen LogP contribution in [0.15, 0.2) is 48.5 Å². The molecule has 0 spiro atoms. The summed E-state index contributed by atoms with van der Waals surface area (Å²) in [6.07, 6.45) is 15.6. The standard InChI is InChI=1S/C30H43N3O.ClH/c34-30(16-15-28-13-8-12-27-11-4-5-14-29(27)28)33-21-17-26(18-22-33)24-32-20-7-6-19-31-23-25-9-2-1-3-10-25;/h4-5,8,11-16,25-26,31-32H,1-3,6-7,9-10,17-24H2;1H/b16-15+;. The van der Waals surface area contributed by atoms with Crippen molar-refractivity contribution in [3.05, 3.63) is 54.1 Å². The molecule has 4 rings (SSSR count). The van der Waals surface area contributed by atoms with Crippen molar-refractivity contribution in [3.63, 3.8) is 0 Å². The highest BCUT2D eigenvalue weighted by Gasteiger charge is 2.21. The highest BCUT2D eigenvalue weighted by Crippen LogP contribution is 2.23. The molecule has 5 heteroatoms. The van der Waals surface area contributed by atoms with Gasteiger partial charge in [-0.15, -0.1) is 12.4 Å². The summed E-state index contributed by atoms with van der Waals surface area (Å²) >= 11 is 0. The molecule has 0 bridgehead atoms. The van der Waals surface area contributed by atoms with Crippen LogP contribution in [0.2, 0.25) is 0 Å². The van der Waals surface area contributed by atoms with Gasteiger partial charge in [-0.1, -0.05) is 61.7 Å². The van der Waals surface area contributed by atoms with Gasteiger partial charge in [0.25, 0.3) is 0 Å². The number of fused-ring (bicyclic) bond motifs is 1. The molecule has 1 saturated heterocycles. The Hall–Kier alpha value is -1.88. The Balaban J connectivity index is 0.00000342. The minimum absolute atomic E-state index is 0. The summed E-state index contributed by atoms with van der Waals surface area (Å²) in [6.45, 7) is 6.32. The zero-order chi connectivity index (χ0) is 23.4. The van der Waals surface area contributed by atoms with Crippen molar-refractivity contribution >= 4 is 35.2 Å². The molecule has 0 unspecified atom stereocenters. The topological polar surface area (TPSA) is 44.4 Å². The predicted molar refractivity (Wildman–Crippen MR) is 151 cm³/mol. The molecule has 4 nitrogen and oxygen atoms in total. The number of likely N-dealkylation sites (tertiary alicyclic amines) is 1. The minimum Gasteiger partial charge on any atom is -0.339 e. The van der Waals surface area contributed by atoms with Gasteiger partial charge in [0.05, 0.1) is 0 Å². The van der Waals surface area contributed by atoms with Crippen LogP contribution in [0.25, 0.3) is 16.8 Å². The summed E-state index contributed by atoms with van der Waals surface area (Å²) in [6, 6.07) is 14.6. The quantitative estimate of drug-likeness (QED) is 0.293. The van der Waals surface area contributed by atoms with Crippen molar-refractivity contribution in [1.82, 2.24) is 15.5 Å². The number of hydrogen-bond donors (Lipinski definition) is 2. The Bertz CT molecular complexity index is 911. The van der Waals surface area contributed by atoms with Crippen LogP contribution in [0.1, 0.15) is 63.4 Å². The lowest BCUT2D eigenvalue weighted by Crippen LogP contribution is -2.40. The largest absolute Gasteiger partial charge is 0.339 e. The van der Waals surface area contributed by atoms with Gasteiger partial charge in [0.15, 0.2) is 0 Å². The third kappa shape index (κ3) is 8.93. The van der Waals surface area contributed by atoms with Crippen molar-refractivity contribution < 1.29 is 4.79 Å². The fraction of sp³-hybridized carbons (Fsp3) is 0.567. The molecule has 1 heterocycles. The van der Waals surface area contributed by atoms with Gasteiger partial charge >= 0.3 is 0 Å². The van der Waals surface area contributed by atoms with E-state index in [1.807, 2.05) is 11.0 Å². The lowest BCUT2D eigenvalue weighted by molar-refractivity contribution is -0.127. The van der Waals surface area contributed by atoms with E-state index in [0.29, 0.717) is 5.92 Å². The van der Waals surface area contributed by atoms with Crippen LogP contribution < -0.4 is 10.6 Å². The number of hydrogen-bond acceptors (Lipinski definition) is 3. The summed E-state index contributed by atoms with van der Waals surface area (Å²) < 4.78 is 0. The van der Waals surface area contributed by atoms with E-state index < -0.39 is 0 Å². The fourth-order valence-electron chi connectivity index (χ4n) is 5.52. The Labute approximate surface area is 218 Å². The van der Waals surface area contributed by atoms with Gasteiger partial charge < -0.3 is 15.5 Å². The lowest BCUT2D eigenvalue weighted by atomic mass is 9.89. The van der Waals surface area contributed by atoms with E-state index in [2.05, 4.69) is 53.1 Å². The third-order valence-electron chi connectivity index (χ3n) is 7.70. The summed E-state index contributed by atoms with van der Waals surface area (Å²) in [5, 5.41) is 9.73. The van der Waals surface area contributed by atoms with Crippen molar-refractivity contribution in [2.75, 3.05) is 39.3 Å². The average Bonchev–Trinajstić information content (AvgIpc) is 2.89. The molecule has 1 aliphatic carbocycles. The van der Waals surface area contributed by atoms with Crippen molar-refractivity contribution in [2.45, 2.75) is 57.8 Å². The molecule has 0 aromatic heterocycles. The second-order valence-corrected chi connectivity index (χ2v) is 10.3. The number of benzene rings is 2. The van der Waals surface area contributed by atoms with Crippen LogP contribution >= 0.6 is 12.4 Å². The van der Waals surface area contributed by atoms with Gasteiger partial charge in [-0.05, 0) is 99.0 Å². The number of amides is 1. The van der Waals surface area contributed by atoms with Crippen LogP contribution in [0.3, 0.4) is 0 Å². The minimum atomic E-state index is 0. The number of rotatable bonds is 11. The van der Waals surface area contributed by atoms with Gasteiger partial charge in [-0.2, -0.15) is 0 Å². The molecule has 1 amide bonds. The summed E-state index contributed by atoms with van der Waals surface area (Å²) in [7, 11) is 0. The second kappa shape index (κ2) is 15.3. The lowest BCUT2D eigenvalue weighted by Gasteiger charge is -2.31. The first-order valence-corrected chi connectivity index (χ1v) is 13.7. The summed E-state index contributed by atoms with van der Waals surface area (Å²) in [4.78, 5) is 14.7. The molecule has 35 heavy (non-hydrogen) atoms. The van der Waals surface area contributed by atoms with Crippen molar-refractivity contribution in [3.8, 4) is 0 Å². The number of halogens is 1. The summed E-state index contributed by atoms with van der Waals surface area (Å²) in [5.74, 6) is 1.76. The molecule has 2 aromatic carbocycles. The molecule has 0 radical (unpaired) electrons. The first kappa shape index (κ1) is 27.7. The molecule has 2 aliphatic rings. The monoisotopic (exact) mass is 497 g/mol. The first-order valence-electron chi connectivity index (χ1n) is 13.7. The molecule has 192 valence electrons. The van der Waals surface area contributed by atoms with Gasteiger partial charge in [-0.25, -0.2) is 0 Å². The number of nitrogens with one attached hydrogen (secondary N) is 2. The molecule has 0 atom stereocenters. The van der Waals surface area contributed by atoms with Crippen molar-refractivity contribution in [1.29, 1.82) is 0 Å². The Morgan fingerprint density at radius 3 is 2.17 bits per heavy atom. The van der Waals surface area contributed by atoms with E-state index in [-0.39, 0.29) is 18.3 Å². The Morgan fingerprint density at radius 2 is 1.46 bits per heavy atom. The molecular formula is C30H44ClN3O. The summed E-state index contributed by atoms with van der Waals surface area (Å²) in [5.41, 5.74) is 1.11. The van der Waals surface area contributed by atoms with E-state index in [1.54, 1.807) is 6.08 Å². The second-order valence-electron chi connectivity index (χ2n) is 10.3. The third-order valence-corrected chi connectivity index (χ3v) is 7.70. The van der Waals surface area contributed by atoms with Gasteiger partial charge in [0.2, 0.25) is 5.91 Å². The molecule has 2 aromatic rings. The maximum absolute atomic E-state index is 12.7. The van der Waals surface area contributed by atoms with Gasteiger partial charge in [0.1, 0.15) is 0 Å². The SMILES string of the molecule is Cl.O=C(/C=C/c1cccc2ccccc12)N1CCC(CNCCCCNCC2CCCCC2)CC1. The van der Waals surface area contributed by atoms with Crippen LogP contribution in [0.5, 0.6) is 0 Å².